The van der Waals surface area contributed by atoms with Crippen LogP contribution in [0.25, 0.3) is 0 Å². The van der Waals surface area contributed by atoms with Crippen molar-refractivity contribution < 1.29 is 29.4 Å². The first-order valence-corrected chi connectivity index (χ1v) is 8.39. The normalized spacial score (nSPS) is 15.4. The Bertz CT molecular complexity index is 490. The van der Waals surface area contributed by atoms with Crippen LogP contribution in [0.15, 0.2) is 0 Å². The largest absolute Gasteiger partial charge is 0.480 e. The number of carboxylic acid groups (broad SMARTS) is 1. The van der Waals surface area contributed by atoms with Crippen LogP contribution in [0.2, 0.25) is 0 Å². The van der Waals surface area contributed by atoms with Crippen LogP contribution in [-0.4, -0.2) is 70.9 Å². The Balaban J connectivity index is 4.95. The molecular formula is C14H26N4O6S. The van der Waals surface area contributed by atoms with Crippen molar-refractivity contribution in [3.8, 4) is 0 Å². The number of aliphatic carboxylic acids is 1. The summed E-state index contributed by atoms with van der Waals surface area (Å²) in [6, 6.07) is -3.57. The van der Waals surface area contributed by atoms with Crippen molar-refractivity contribution >= 4 is 36.3 Å². The van der Waals surface area contributed by atoms with E-state index in [9.17, 15) is 29.4 Å². The summed E-state index contributed by atoms with van der Waals surface area (Å²) in [6.45, 7) is 2.37. The molecule has 10 nitrogen and oxygen atoms in total. The lowest BCUT2D eigenvalue weighted by molar-refractivity contribution is -0.144. The van der Waals surface area contributed by atoms with Gasteiger partial charge in [0.15, 0.2) is 0 Å². The molecule has 0 spiro atoms. The summed E-state index contributed by atoms with van der Waals surface area (Å²) in [7, 11) is 0. The van der Waals surface area contributed by atoms with E-state index in [1.807, 2.05) is 0 Å². The molecular weight excluding hydrogens is 352 g/mol. The highest BCUT2D eigenvalue weighted by atomic mass is 32.1. The predicted octanol–water partition coefficient (Wildman–Crippen LogP) is -2.55. The van der Waals surface area contributed by atoms with E-state index in [4.69, 9.17) is 5.73 Å². The fraction of sp³-hybridized carbons (Fsp3) is 0.714. The molecule has 0 aromatic heterocycles. The van der Waals surface area contributed by atoms with Gasteiger partial charge in [0.1, 0.15) is 18.1 Å². The van der Waals surface area contributed by atoms with E-state index >= 15 is 0 Å². The maximum Gasteiger partial charge on any atom is 0.326 e. The zero-order valence-corrected chi connectivity index (χ0v) is 15.1. The fourth-order valence-electron chi connectivity index (χ4n) is 1.85. The van der Waals surface area contributed by atoms with Gasteiger partial charge in [0.2, 0.25) is 17.7 Å². The summed E-state index contributed by atoms with van der Waals surface area (Å²) >= 11 is 3.94. The molecule has 4 unspecified atom stereocenters. The monoisotopic (exact) mass is 378 g/mol. The predicted molar refractivity (Wildman–Crippen MR) is 92.9 cm³/mol. The Kier molecular flexibility index (Phi) is 10.8. The minimum absolute atomic E-state index is 0.0536. The summed E-state index contributed by atoms with van der Waals surface area (Å²) in [5.74, 6) is -3.78. The van der Waals surface area contributed by atoms with E-state index in [-0.39, 0.29) is 18.2 Å². The second-order valence-corrected chi connectivity index (χ2v) is 5.83. The third kappa shape index (κ3) is 7.71. The van der Waals surface area contributed by atoms with Crippen LogP contribution in [0, 0.1) is 5.92 Å². The van der Waals surface area contributed by atoms with Gasteiger partial charge in [-0.05, 0) is 5.92 Å². The molecule has 4 atom stereocenters. The number of nitrogens with one attached hydrogen (secondary N) is 3. The van der Waals surface area contributed by atoms with E-state index in [0.717, 1.165) is 0 Å². The third-order valence-electron chi connectivity index (χ3n) is 3.61. The Morgan fingerprint density at radius 1 is 1.08 bits per heavy atom. The lowest BCUT2D eigenvalue weighted by atomic mass is 9.99. The number of aliphatic hydroxyl groups is 1. The van der Waals surface area contributed by atoms with Crippen molar-refractivity contribution in [2.75, 3.05) is 18.9 Å². The minimum Gasteiger partial charge on any atom is -0.480 e. The van der Waals surface area contributed by atoms with Crippen molar-refractivity contribution in [2.45, 2.75) is 38.4 Å². The molecule has 0 rings (SSSR count). The lowest BCUT2D eigenvalue weighted by Crippen LogP contribution is -2.58. The van der Waals surface area contributed by atoms with Crippen molar-refractivity contribution in [1.29, 1.82) is 0 Å². The van der Waals surface area contributed by atoms with Crippen LogP contribution in [-0.2, 0) is 19.2 Å². The molecule has 25 heavy (non-hydrogen) atoms. The standard InChI is InChI=1S/C14H26N4O6S/c1-3-7(2)11(14(23)24)18-12(21)8(5-19)17-13(22)9(6-25)16-10(20)4-15/h7-9,11,19,25H,3-6,15H2,1-2H3,(H,16,20)(H,17,22)(H,18,21)(H,23,24). The quantitative estimate of drug-likeness (QED) is 0.194. The zero-order chi connectivity index (χ0) is 19.6. The Morgan fingerprint density at radius 3 is 2.04 bits per heavy atom. The topological polar surface area (TPSA) is 171 Å². The van der Waals surface area contributed by atoms with Gasteiger partial charge in [0.05, 0.1) is 13.2 Å². The fourth-order valence-corrected chi connectivity index (χ4v) is 2.11. The third-order valence-corrected chi connectivity index (χ3v) is 3.98. The number of aliphatic hydroxyl groups excluding tert-OH is 1. The maximum absolute atomic E-state index is 12.2. The summed E-state index contributed by atoms with van der Waals surface area (Å²) in [5.41, 5.74) is 5.15. The molecule has 0 bridgehead atoms. The van der Waals surface area contributed by atoms with E-state index in [2.05, 4.69) is 28.6 Å². The molecule has 144 valence electrons. The molecule has 0 radical (unpaired) electrons. The van der Waals surface area contributed by atoms with Gasteiger partial charge in [0.25, 0.3) is 0 Å². The van der Waals surface area contributed by atoms with Crippen molar-refractivity contribution in [3.63, 3.8) is 0 Å². The van der Waals surface area contributed by atoms with Crippen LogP contribution in [0.5, 0.6) is 0 Å². The smallest absolute Gasteiger partial charge is 0.326 e. The second kappa shape index (κ2) is 11.7. The summed E-state index contributed by atoms with van der Waals surface area (Å²) < 4.78 is 0. The zero-order valence-electron chi connectivity index (χ0n) is 14.2. The second-order valence-electron chi connectivity index (χ2n) is 5.46. The average molecular weight is 378 g/mol. The van der Waals surface area contributed by atoms with Gasteiger partial charge in [-0.3, -0.25) is 14.4 Å². The van der Waals surface area contributed by atoms with Crippen LogP contribution in [0.4, 0.5) is 0 Å². The Labute approximate surface area is 151 Å². The van der Waals surface area contributed by atoms with Gasteiger partial charge in [0, 0.05) is 5.75 Å². The Hall–Kier alpha value is -1.85. The van der Waals surface area contributed by atoms with Crippen LogP contribution >= 0.6 is 12.6 Å². The highest BCUT2D eigenvalue weighted by Crippen LogP contribution is 2.08. The number of carboxylic acids is 1. The van der Waals surface area contributed by atoms with Crippen molar-refractivity contribution in [2.24, 2.45) is 11.7 Å². The minimum atomic E-state index is -1.37. The number of thiol groups is 1. The van der Waals surface area contributed by atoms with Gasteiger partial charge < -0.3 is 31.9 Å². The van der Waals surface area contributed by atoms with Crippen LogP contribution in [0.1, 0.15) is 20.3 Å². The average Bonchev–Trinajstić information content (AvgIpc) is 2.60. The van der Waals surface area contributed by atoms with Gasteiger partial charge in [-0.15, -0.1) is 0 Å². The first-order chi connectivity index (χ1) is 11.7. The number of carbonyl (C=O) groups excluding carboxylic acids is 3. The maximum atomic E-state index is 12.2. The molecule has 0 fully saturated rings. The molecule has 0 aromatic rings. The summed E-state index contributed by atoms with van der Waals surface area (Å²) in [5, 5.41) is 25.4. The number of amides is 3. The van der Waals surface area contributed by atoms with Crippen molar-refractivity contribution in [1.82, 2.24) is 16.0 Å². The molecule has 7 N–H and O–H groups in total. The van der Waals surface area contributed by atoms with E-state index in [0.29, 0.717) is 6.42 Å². The number of carbonyl (C=O) groups is 4. The van der Waals surface area contributed by atoms with Crippen molar-refractivity contribution in [3.05, 3.63) is 0 Å². The first kappa shape index (κ1) is 23.1. The summed E-state index contributed by atoms with van der Waals surface area (Å²) in [4.78, 5) is 46.7. The van der Waals surface area contributed by atoms with E-state index in [1.54, 1.807) is 13.8 Å². The molecule has 3 amide bonds. The number of rotatable bonds is 11. The molecule has 0 aromatic carbocycles. The van der Waals surface area contributed by atoms with Gasteiger partial charge in [-0.1, -0.05) is 20.3 Å². The molecule has 0 saturated heterocycles. The molecule has 11 heteroatoms. The molecule has 0 aliphatic heterocycles. The summed E-state index contributed by atoms with van der Waals surface area (Å²) in [6.07, 6.45) is 0.514. The van der Waals surface area contributed by atoms with Crippen LogP contribution in [0.3, 0.4) is 0 Å². The highest BCUT2D eigenvalue weighted by molar-refractivity contribution is 7.80. The number of hydrogen-bond donors (Lipinski definition) is 7. The van der Waals surface area contributed by atoms with Gasteiger partial charge >= 0.3 is 5.97 Å². The van der Waals surface area contributed by atoms with Gasteiger partial charge in [-0.25, -0.2) is 4.79 Å². The SMILES string of the molecule is CCC(C)C(NC(=O)C(CO)NC(=O)C(CS)NC(=O)CN)C(=O)O. The molecule has 0 aliphatic carbocycles. The first-order valence-electron chi connectivity index (χ1n) is 7.76. The van der Waals surface area contributed by atoms with E-state index in [1.165, 1.54) is 0 Å². The van der Waals surface area contributed by atoms with E-state index < -0.39 is 48.4 Å². The molecule has 0 aliphatic rings. The van der Waals surface area contributed by atoms with Gasteiger partial charge in [-0.2, -0.15) is 12.6 Å². The molecule has 0 heterocycles. The molecule has 0 saturated carbocycles. The lowest BCUT2D eigenvalue weighted by Gasteiger charge is -2.24. The highest BCUT2D eigenvalue weighted by Gasteiger charge is 2.30. The Morgan fingerprint density at radius 2 is 1.64 bits per heavy atom. The van der Waals surface area contributed by atoms with Crippen LogP contribution < -0.4 is 21.7 Å². The number of hydrogen-bond acceptors (Lipinski definition) is 7. The number of nitrogens with two attached hydrogens (primary N) is 1.